The van der Waals surface area contributed by atoms with Gasteiger partial charge in [-0.3, -0.25) is 4.79 Å². The largest absolute Gasteiger partial charge is 0.486 e. The summed E-state index contributed by atoms with van der Waals surface area (Å²) in [7, 11) is 0. The Labute approximate surface area is 167 Å². The number of amides is 1. The minimum Gasteiger partial charge on any atom is -0.486 e. The third-order valence-corrected chi connectivity index (χ3v) is 6.38. The predicted octanol–water partition coefficient (Wildman–Crippen LogP) is 3.37. The summed E-state index contributed by atoms with van der Waals surface area (Å²) in [5.41, 5.74) is 1.15. The number of piperidine rings is 1. The molecular formula is C21H29ClN2O3. The van der Waals surface area contributed by atoms with E-state index in [4.69, 9.17) is 9.47 Å². The normalized spacial score (nSPS) is 29.6. The third-order valence-electron chi connectivity index (χ3n) is 6.38. The maximum atomic E-state index is 12.8. The van der Waals surface area contributed by atoms with Crippen LogP contribution in [-0.2, 0) is 4.79 Å². The number of hydrogen-bond donors (Lipinski definition) is 2. The molecule has 1 aromatic carbocycles. The molecule has 5 nitrogen and oxygen atoms in total. The van der Waals surface area contributed by atoms with Gasteiger partial charge in [-0.1, -0.05) is 6.07 Å². The van der Waals surface area contributed by atoms with Gasteiger partial charge in [-0.15, -0.1) is 12.4 Å². The number of fused-ring (bicyclic) bond motifs is 3. The van der Waals surface area contributed by atoms with Crippen molar-refractivity contribution in [3.05, 3.63) is 23.8 Å². The minimum atomic E-state index is 0. The molecule has 148 valence electrons. The van der Waals surface area contributed by atoms with Crippen LogP contribution in [0.3, 0.4) is 0 Å². The zero-order chi connectivity index (χ0) is 17.5. The molecule has 2 saturated heterocycles. The number of benzene rings is 1. The van der Waals surface area contributed by atoms with Crippen molar-refractivity contribution in [2.45, 2.75) is 63.1 Å². The molecule has 2 N–H and O–H groups in total. The van der Waals surface area contributed by atoms with Crippen LogP contribution in [0.2, 0.25) is 0 Å². The van der Waals surface area contributed by atoms with Crippen LogP contribution in [-0.4, -0.2) is 31.2 Å². The highest BCUT2D eigenvalue weighted by molar-refractivity contribution is 5.85. The predicted molar refractivity (Wildman–Crippen MR) is 106 cm³/mol. The molecule has 1 aromatic rings. The quantitative estimate of drug-likeness (QED) is 0.806. The lowest BCUT2D eigenvalue weighted by atomic mass is 9.89. The number of carbonyl (C=O) groups excluding carboxylic acids is 1. The van der Waals surface area contributed by atoms with Crippen molar-refractivity contribution >= 4 is 18.3 Å². The molecule has 0 spiro atoms. The number of nitrogens with one attached hydrogen (secondary N) is 2. The summed E-state index contributed by atoms with van der Waals surface area (Å²) in [6.07, 6.45) is 7.93. The van der Waals surface area contributed by atoms with Crippen LogP contribution in [0.1, 0.15) is 56.6 Å². The van der Waals surface area contributed by atoms with Gasteiger partial charge in [0.05, 0.1) is 6.04 Å². The van der Waals surface area contributed by atoms with Crippen molar-refractivity contribution in [1.29, 1.82) is 0 Å². The summed E-state index contributed by atoms with van der Waals surface area (Å²) < 4.78 is 11.4. The number of rotatable bonds is 5. The Bertz CT molecular complexity index is 682. The molecule has 27 heavy (non-hydrogen) atoms. The van der Waals surface area contributed by atoms with Crippen molar-refractivity contribution in [2.24, 2.45) is 11.8 Å². The zero-order valence-corrected chi connectivity index (χ0v) is 16.4. The summed E-state index contributed by atoms with van der Waals surface area (Å²) >= 11 is 0. The van der Waals surface area contributed by atoms with Gasteiger partial charge in [-0.2, -0.15) is 0 Å². The molecule has 3 unspecified atom stereocenters. The zero-order valence-electron chi connectivity index (χ0n) is 15.6. The monoisotopic (exact) mass is 392 g/mol. The van der Waals surface area contributed by atoms with E-state index >= 15 is 0 Å². The lowest BCUT2D eigenvalue weighted by Gasteiger charge is -2.29. The fourth-order valence-electron chi connectivity index (χ4n) is 4.99. The fraction of sp³-hybridized carbons (Fsp3) is 0.667. The van der Waals surface area contributed by atoms with Crippen LogP contribution < -0.4 is 20.1 Å². The summed E-state index contributed by atoms with van der Waals surface area (Å²) in [5, 5.41) is 7.00. The Balaban J connectivity index is 0.00000180. The SMILES string of the molecule is Cl.O=C(CC1CC2CCC(C1)N2)NC(c1ccc2c(c1)OCCO2)C1CC1. The first-order valence-electron chi connectivity index (χ1n) is 10.2. The lowest BCUT2D eigenvalue weighted by Crippen LogP contribution is -2.40. The Kier molecular flexibility index (Phi) is 5.51. The van der Waals surface area contributed by atoms with E-state index in [0.717, 1.165) is 29.9 Å². The topological polar surface area (TPSA) is 59.6 Å². The van der Waals surface area contributed by atoms with Crippen molar-refractivity contribution < 1.29 is 14.3 Å². The lowest BCUT2D eigenvalue weighted by molar-refractivity contribution is -0.123. The van der Waals surface area contributed by atoms with Gasteiger partial charge in [-0.25, -0.2) is 0 Å². The molecule has 1 amide bonds. The molecule has 3 atom stereocenters. The van der Waals surface area contributed by atoms with Crippen molar-refractivity contribution in [1.82, 2.24) is 10.6 Å². The minimum absolute atomic E-state index is 0. The second-order valence-electron chi connectivity index (χ2n) is 8.47. The first-order chi connectivity index (χ1) is 12.7. The Morgan fingerprint density at radius 1 is 1.07 bits per heavy atom. The summed E-state index contributed by atoms with van der Waals surface area (Å²) in [5.74, 6) is 2.93. The number of carbonyl (C=O) groups is 1. The van der Waals surface area contributed by atoms with E-state index in [2.05, 4.69) is 22.8 Å². The molecule has 4 aliphatic rings. The summed E-state index contributed by atoms with van der Waals surface area (Å²) in [6, 6.07) is 7.52. The molecule has 0 aromatic heterocycles. The van der Waals surface area contributed by atoms with E-state index in [-0.39, 0.29) is 24.4 Å². The van der Waals surface area contributed by atoms with E-state index in [1.165, 1.54) is 25.7 Å². The van der Waals surface area contributed by atoms with E-state index in [1.807, 2.05) is 6.07 Å². The third kappa shape index (κ3) is 4.19. The van der Waals surface area contributed by atoms with Gasteiger partial charge >= 0.3 is 0 Å². The van der Waals surface area contributed by atoms with Gasteiger partial charge in [0, 0.05) is 18.5 Å². The maximum absolute atomic E-state index is 12.8. The second-order valence-corrected chi connectivity index (χ2v) is 8.47. The van der Waals surface area contributed by atoms with E-state index in [0.29, 0.717) is 43.6 Å². The highest BCUT2D eigenvalue weighted by Crippen LogP contribution is 2.43. The first-order valence-corrected chi connectivity index (χ1v) is 10.2. The van der Waals surface area contributed by atoms with Gasteiger partial charge < -0.3 is 20.1 Å². The van der Waals surface area contributed by atoms with Crippen LogP contribution in [0.25, 0.3) is 0 Å². The van der Waals surface area contributed by atoms with Gasteiger partial charge in [0.1, 0.15) is 13.2 Å². The molecule has 0 radical (unpaired) electrons. The van der Waals surface area contributed by atoms with Gasteiger partial charge in [0.25, 0.3) is 0 Å². The van der Waals surface area contributed by atoms with Crippen LogP contribution in [0.4, 0.5) is 0 Å². The standard InChI is InChI=1S/C21H28N2O3.ClH/c24-20(11-13-9-16-4-5-17(10-13)22-16)23-21(14-1-2-14)15-3-6-18-19(12-15)26-8-7-25-18;/h3,6,12-14,16-17,21-22H,1-2,4-5,7-11H2,(H,23,24);1H. The van der Waals surface area contributed by atoms with E-state index in [1.54, 1.807) is 0 Å². The average Bonchev–Trinajstić information content (AvgIpc) is 3.44. The van der Waals surface area contributed by atoms with Crippen LogP contribution in [0, 0.1) is 11.8 Å². The molecule has 2 bridgehead atoms. The molecule has 1 aliphatic carbocycles. The second kappa shape index (κ2) is 7.88. The van der Waals surface area contributed by atoms with Crippen LogP contribution in [0.5, 0.6) is 11.5 Å². The molecule has 3 aliphatic heterocycles. The highest BCUT2D eigenvalue weighted by Gasteiger charge is 2.37. The van der Waals surface area contributed by atoms with Crippen LogP contribution >= 0.6 is 12.4 Å². The molecular weight excluding hydrogens is 364 g/mol. The van der Waals surface area contributed by atoms with Crippen molar-refractivity contribution in [3.8, 4) is 11.5 Å². The molecule has 3 heterocycles. The molecule has 6 heteroatoms. The number of halogens is 1. The smallest absolute Gasteiger partial charge is 0.220 e. The van der Waals surface area contributed by atoms with E-state index < -0.39 is 0 Å². The summed E-state index contributed by atoms with van der Waals surface area (Å²) in [4.78, 5) is 12.8. The molecule has 3 fully saturated rings. The molecule has 5 rings (SSSR count). The number of ether oxygens (including phenoxy) is 2. The average molecular weight is 393 g/mol. The Morgan fingerprint density at radius 2 is 1.78 bits per heavy atom. The first kappa shape index (κ1) is 18.9. The van der Waals surface area contributed by atoms with Crippen molar-refractivity contribution in [3.63, 3.8) is 0 Å². The number of hydrogen-bond acceptors (Lipinski definition) is 4. The van der Waals surface area contributed by atoms with E-state index in [9.17, 15) is 4.79 Å². The maximum Gasteiger partial charge on any atom is 0.220 e. The Hall–Kier alpha value is -1.46. The summed E-state index contributed by atoms with van der Waals surface area (Å²) in [6.45, 7) is 1.20. The Morgan fingerprint density at radius 3 is 2.48 bits per heavy atom. The van der Waals surface area contributed by atoms with Gasteiger partial charge in [0.15, 0.2) is 11.5 Å². The van der Waals surface area contributed by atoms with Gasteiger partial charge in [0.2, 0.25) is 5.91 Å². The van der Waals surface area contributed by atoms with Crippen LogP contribution in [0.15, 0.2) is 18.2 Å². The fourth-order valence-corrected chi connectivity index (χ4v) is 4.99. The highest BCUT2D eigenvalue weighted by atomic mass is 35.5. The van der Waals surface area contributed by atoms with Gasteiger partial charge in [-0.05, 0) is 68.1 Å². The molecule has 1 saturated carbocycles. The van der Waals surface area contributed by atoms with Crippen molar-refractivity contribution in [2.75, 3.05) is 13.2 Å².